The van der Waals surface area contributed by atoms with E-state index in [2.05, 4.69) is 31.5 Å². The fourth-order valence-corrected chi connectivity index (χ4v) is 0.531. The molecule has 0 saturated heterocycles. The summed E-state index contributed by atoms with van der Waals surface area (Å²) in [6.45, 7) is 2.93. The average molecular weight is 236 g/mol. The lowest BCUT2D eigenvalue weighted by molar-refractivity contribution is -0.146. The normalized spacial score (nSPS) is 8.71. The van der Waals surface area contributed by atoms with Gasteiger partial charge in [-0.15, -0.1) is 0 Å². The summed E-state index contributed by atoms with van der Waals surface area (Å²) in [6.07, 6.45) is 2.39. The van der Waals surface area contributed by atoms with Crippen molar-refractivity contribution in [1.82, 2.24) is 0 Å². The first-order valence-electron chi connectivity index (χ1n) is 4.26. The van der Waals surface area contributed by atoms with Gasteiger partial charge in [0.1, 0.15) is 13.2 Å². The van der Waals surface area contributed by atoms with Crippen LogP contribution in [-0.2, 0) is 23.9 Å². The Morgan fingerprint density at radius 3 is 1.94 bits per heavy atom. The molecule has 88 valence electrons. The van der Waals surface area contributed by atoms with Gasteiger partial charge in [0, 0.05) is 33.7 Å². The summed E-state index contributed by atoms with van der Waals surface area (Å²) in [6, 6.07) is 0. The van der Waals surface area contributed by atoms with Gasteiger partial charge in [-0.2, -0.15) is 0 Å². The molecule has 0 rings (SSSR count). The molecule has 17 heavy (non-hydrogen) atoms. The highest BCUT2D eigenvalue weighted by molar-refractivity contribution is 6.75. The van der Waals surface area contributed by atoms with E-state index in [-0.39, 0.29) is 13.2 Å². The molecule has 0 aliphatic rings. The quantitative estimate of drug-likeness (QED) is 0.279. The highest BCUT2D eigenvalue weighted by atomic mass is 16.6. The smallest absolute Gasteiger partial charge is 0.331 e. The molecule has 0 aromatic heterocycles. The van der Waals surface area contributed by atoms with Crippen LogP contribution in [0, 0.1) is 0 Å². The molecule has 1 N–H and O–H groups in total. The minimum absolute atomic E-state index is 0.0997. The molecule has 8 heteroatoms. The monoisotopic (exact) mass is 236 g/mol. The molecular formula is C9H10B2O6. The molecule has 0 aromatic rings. The van der Waals surface area contributed by atoms with Crippen molar-refractivity contribution in [2.24, 2.45) is 0 Å². The maximum absolute atomic E-state index is 10.7. The topological polar surface area (TPSA) is 89.9 Å². The Labute approximate surface area is 101 Å². The Kier molecular flexibility index (Phi) is 12.4. The van der Waals surface area contributed by atoms with Crippen molar-refractivity contribution >= 4 is 33.4 Å². The van der Waals surface area contributed by atoms with Crippen molar-refractivity contribution in [3.8, 4) is 0 Å². The number of ether oxygens (including phenoxy) is 2. The van der Waals surface area contributed by atoms with Crippen LogP contribution in [0.2, 0.25) is 0 Å². The first-order valence-corrected chi connectivity index (χ1v) is 4.26. The number of carbonyl (C=O) groups is 3. The Morgan fingerprint density at radius 1 is 1.06 bits per heavy atom. The minimum Gasteiger partial charge on any atom is -0.478 e. The van der Waals surface area contributed by atoms with E-state index in [0.717, 1.165) is 12.2 Å². The zero-order valence-corrected chi connectivity index (χ0v) is 9.00. The van der Waals surface area contributed by atoms with E-state index in [1.54, 1.807) is 0 Å². The van der Waals surface area contributed by atoms with Crippen molar-refractivity contribution in [2.75, 3.05) is 13.2 Å². The van der Waals surface area contributed by atoms with E-state index in [1.165, 1.54) is 0 Å². The summed E-state index contributed by atoms with van der Waals surface area (Å²) in [5.41, 5.74) is 0. The van der Waals surface area contributed by atoms with Gasteiger partial charge in [-0.25, -0.2) is 14.4 Å². The molecule has 0 bridgehead atoms. The number of carboxylic acids is 1. The zero-order chi connectivity index (χ0) is 13.7. The van der Waals surface area contributed by atoms with Crippen LogP contribution in [0.15, 0.2) is 24.8 Å². The molecule has 4 radical (unpaired) electrons. The lowest BCUT2D eigenvalue weighted by Gasteiger charge is -2.01. The van der Waals surface area contributed by atoms with E-state index in [4.69, 9.17) is 5.11 Å². The third kappa shape index (κ3) is 14.0. The Balaban J connectivity index is 0. The Morgan fingerprint density at radius 2 is 1.53 bits per heavy atom. The van der Waals surface area contributed by atoms with Gasteiger partial charge in [0.25, 0.3) is 0 Å². The number of hydrogen-bond donors (Lipinski definition) is 1. The van der Waals surface area contributed by atoms with Gasteiger partial charge in [-0.05, 0) is 0 Å². The fraction of sp³-hybridized carbons (Fsp3) is 0.222. The van der Waals surface area contributed by atoms with E-state index in [1.807, 2.05) is 0 Å². The van der Waals surface area contributed by atoms with Crippen LogP contribution in [0.25, 0.3) is 0 Å². The first-order chi connectivity index (χ1) is 8.06. The summed E-state index contributed by atoms with van der Waals surface area (Å²) in [4.78, 5) is 31.2. The van der Waals surface area contributed by atoms with Crippen molar-refractivity contribution in [3.63, 3.8) is 0 Å². The first kappa shape index (κ1) is 17.4. The summed E-state index contributed by atoms with van der Waals surface area (Å²) < 4.78 is 8.98. The Hall–Kier alpha value is -1.98. The molecule has 6 nitrogen and oxygen atoms in total. The molecule has 0 atom stereocenters. The number of hydrogen-bond acceptors (Lipinski definition) is 5. The molecule has 0 aliphatic carbocycles. The fourth-order valence-electron chi connectivity index (χ4n) is 0.531. The summed E-state index contributed by atoms with van der Waals surface area (Å²) >= 11 is 0. The number of esters is 2. The third-order valence-electron chi connectivity index (χ3n) is 1.10. The van der Waals surface area contributed by atoms with Crippen molar-refractivity contribution in [2.45, 2.75) is 0 Å². The largest absolute Gasteiger partial charge is 0.478 e. The second-order valence-corrected chi connectivity index (χ2v) is 2.21. The second kappa shape index (κ2) is 12.1. The van der Waals surface area contributed by atoms with Crippen LogP contribution in [0.4, 0.5) is 0 Å². The van der Waals surface area contributed by atoms with E-state index in [0.29, 0.717) is 6.08 Å². The lowest BCUT2D eigenvalue weighted by atomic mass is 9.81. The summed E-state index contributed by atoms with van der Waals surface area (Å²) in [7, 11) is 8.00. The van der Waals surface area contributed by atoms with Gasteiger partial charge in [-0.3, -0.25) is 0 Å². The van der Waals surface area contributed by atoms with Crippen molar-refractivity contribution < 1.29 is 29.0 Å². The predicted octanol–water partition coefficient (Wildman–Crippen LogP) is -0.862. The molecule has 0 spiro atoms. The van der Waals surface area contributed by atoms with Crippen LogP contribution < -0.4 is 0 Å². The highest BCUT2D eigenvalue weighted by Crippen LogP contribution is 1.85. The predicted molar refractivity (Wildman–Crippen MR) is 60.4 cm³/mol. The summed E-state index contributed by atoms with van der Waals surface area (Å²) in [5, 5.41) is 8.16. The van der Waals surface area contributed by atoms with E-state index < -0.39 is 17.9 Å². The minimum atomic E-state index is -1.25. The van der Waals surface area contributed by atoms with Crippen LogP contribution in [-0.4, -0.2) is 51.7 Å². The third-order valence-corrected chi connectivity index (χ3v) is 1.10. The van der Waals surface area contributed by atoms with Gasteiger partial charge in [-0.1, -0.05) is 6.58 Å². The van der Waals surface area contributed by atoms with Crippen LogP contribution in [0.3, 0.4) is 0 Å². The van der Waals surface area contributed by atoms with Crippen molar-refractivity contribution in [1.29, 1.82) is 0 Å². The van der Waals surface area contributed by atoms with Crippen LogP contribution in [0.1, 0.15) is 0 Å². The number of carboxylic acid groups (broad SMARTS) is 1. The van der Waals surface area contributed by atoms with Crippen molar-refractivity contribution in [3.05, 3.63) is 24.8 Å². The molecule has 0 aromatic carbocycles. The summed E-state index contributed by atoms with van der Waals surface area (Å²) in [5.74, 6) is -2.68. The van der Waals surface area contributed by atoms with Gasteiger partial charge in [0.2, 0.25) is 0 Å². The molecule has 0 amide bonds. The number of carbonyl (C=O) groups excluding carboxylic acids is 2. The Bertz CT molecular complexity index is 300. The van der Waals surface area contributed by atoms with E-state index in [9.17, 15) is 14.4 Å². The van der Waals surface area contributed by atoms with Crippen LogP contribution in [0.5, 0.6) is 0 Å². The van der Waals surface area contributed by atoms with Gasteiger partial charge in [0.15, 0.2) is 0 Å². The lowest BCUT2D eigenvalue weighted by Crippen LogP contribution is -2.11. The van der Waals surface area contributed by atoms with E-state index >= 15 is 0 Å². The molecular weight excluding hydrogens is 226 g/mol. The van der Waals surface area contributed by atoms with Gasteiger partial charge in [0.05, 0.1) is 0 Å². The van der Waals surface area contributed by atoms with Crippen LogP contribution >= 0.6 is 0 Å². The zero-order valence-electron chi connectivity index (χ0n) is 9.00. The SMILES string of the molecule is C=CC(=O)OCCOC(=O)/C=C\C(=O)O.[B][B]. The number of rotatable bonds is 6. The molecule has 0 fully saturated rings. The molecule has 0 heterocycles. The molecule has 0 saturated carbocycles. The second-order valence-electron chi connectivity index (χ2n) is 2.21. The molecule has 0 aliphatic heterocycles. The average Bonchev–Trinajstić information content (AvgIpc) is 2.34. The standard InChI is InChI=1S/C9H10O6.B2/c1-2-8(12)14-5-6-15-9(13)4-3-7(10)11;1-2/h2-4H,1,5-6H2,(H,10,11);/b4-3-;. The number of aliphatic carboxylic acids is 1. The molecule has 0 unspecified atom stereocenters. The van der Waals surface area contributed by atoms with Gasteiger partial charge >= 0.3 is 17.9 Å². The maximum Gasteiger partial charge on any atom is 0.331 e. The maximum atomic E-state index is 10.7. The highest BCUT2D eigenvalue weighted by Gasteiger charge is 1.99. The van der Waals surface area contributed by atoms with Gasteiger partial charge < -0.3 is 14.6 Å².